The molecule has 0 atom stereocenters. The van der Waals surface area contributed by atoms with Crippen LogP contribution in [-0.2, 0) is 36.1 Å². The normalized spacial score (nSPS) is 14.5. The summed E-state index contributed by atoms with van der Waals surface area (Å²) in [6, 6.07) is 1.60. The summed E-state index contributed by atoms with van der Waals surface area (Å²) in [5, 5.41) is 0. The van der Waals surface area contributed by atoms with E-state index in [2.05, 4.69) is 0 Å². The molecule has 0 spiro atoms. The number of piperazine rings is 1. The maximum atomic E-state index is 12.7. The third-order valence-electron chi connectivity index (χ3n) is 6.63. The minimum absolute atomic E-state index is 0.178. The zero-order chi connectivity index (χ0) is 31.1. The van der Waals surface area contributed by atoms with Crippen LogP contribution in [0.5, 0.6) is 0 Å². The predicted molar refractivity (Wildman–Crippen MR) is 177 cm³/mol. The van der Waals surface area contributed by atoms with Gasteiger partial charge in [-0.15, -0.1) is 0 Å². The van der Waals surface area contributed by atoms with Crippen molar-refractivity contribution in [1.29, 1.82) is 0 Å². The molecule has 0 bridgehead atoms. The van der Waals surface area contributed by atoms with Crippen molar-refractivity contribution in [2.45, 2.75) is 79.3 Å². The van der Waals surface area contributed by atoms with Gasteiger partial charge in [0.2, 0.25) is 11.8 Å². The Bertz CT molecular complexity index is 629. The molecule has 1 heterocycles. The molecule has 0 aromatic heterocycles. The SMILES string of the molecule is CCO[Si](CCCSCCC(=O)N1CCN(C(=O)CCSCCC[Si](OCC)(OCC)OCC)CC1)(OCC)OCC. The topological polar surface area (TPSA) is 96.0 Å². The van der Waals surface area contributed by atoms with Gasteiger partial charge in [-0.2, -0.15) is 23.5 Å². The minimum atomic E-state index is -2.59. The summed E-state index contributed by atoms with van der Waals surface area (Å²) >= 11 is 3.58. The maximum absolute atomic E-state index is 12.7. The van der Waals surface area contributed by atoms with Crippen LogP contribution in [0, 0.1) is 0 Å². The Morgan fingerprint density at radius 1 is 0.524 bits per heavy atom. The number of amides is 2. The summed E-state index contributed by atoms with van der Waals surface area (Å²) in [4.78, 5) is 29.2. The van der Waals surface area contributed by atoms with Gasteiger partial charge in [-0.25, -0.2) is 0 Å². The van der Waals surface area contributed by atoms with Crippen LogP contribution in [0.25, 0.3) is 0 Å². The van der Waals surface area contributed by atoms with Gasteiger partial charge in [0, 0.05) is 102 Å². The lowest BCUT2D eigenvalue weighted by molar-refractivity contribution is -0.139. The Hall–Kier alpha value is -0.166. The summed E-state index contributed by atoms with van der Waals surface area (Å²) in [6.45, 7) is 17.9. The first-order valence-corrected chi connectivity index (χ1v) is 22.1. The molecule has 42 heavy (non-hydrogen) atoms. The van der Waals surface area contributed by atoms with E-state index in [-0.39, 0.29) is 11.8 Å². The first-order chi connectivity index (χ1) is 20.3. The molecular weight excluding hydrogens is 613 g/mol. The molecule has 0 aromatic rings. The Morgan fingerprint density at radius 2 is 0.810 bits per heavy atom. The molecule has 1 rings (SSSR count). The van der Waals surface area contributed by atoms with E-state index in [0.717, 1.165) is 47.9 Å². The van der Waals surface area contributed by atoms with E-state index in [1.165, 1.54) is 0 Å². The second kappa shape index (κ2) is 24.1. The van der Waals surface area contributed by atoms with Crippen molar-refractivity contribution in [3.63, 3.8) is 0 Å². The Morgan fingerprint density at radius 3 is 1.07 bits per heavy atom. The molecule has 2 amide bonds. The fourth-order valence-corrected chi connectivity index (χ4v) is 12.3. The summed E-state index contributed by atoms with van der Waals surface area (Å²) < 4.78 is 35.5. The van der Waals surface area contributed by atoms with Gasteiger partial charge in [0.05, 0.1) is 0 Å². The number of rotatable bonds is 26. The van der Waals surface area contributed by atoms with E-state index in [9.17, 15) is 9.59 Å². The highest BCUT2D eigenvalue weighted by Crippen LogP contribution is 2.22. The molecule has 0 saturated carbocycles. The van der Waals surface area contributed by atoms with Crippen LogP contribution in [0.1, 0.15) is 67.2 Å². The first-order valence-electron chi connectivity index (χ1n) is 15.9. The fraction of sp³-hybridized carbons (Fsp3) is 0.929. The maximum Gasteiger partial charge on any atom is 0.500 e. The van der Waals surface area contributed by atoms with Crippen LogP contribution in [0.2, 0.25) is 12.1 Å². The van der Waals surface area contributed by atoms with Crippen molar-refractivity contribution in [2.24, 2.45) is 0 Å². The van der Waals surface area contributed by atoms with Crippen LogP contribution < -0.4 is 0 Å². The molecule has 1 saturated heterocycles. The minimum Gasteiger partial charge on any atom is -0.374 e. The molecule has 14 heteroatoms. The van der Waals surface area contributed by atoms with E-state index in [1.54, 1.807) is 23.5 Å². The second-order valence-electron chi connectivity index (χ2n) is 9.66. The van der Waals surface area contributed by atoms with Crippen molar-refractivity contribution < 1.29 is 36.1 Å². The van der Waals surface area contributed by atoms with E-state index in [4.69, 9.17) is 26.6 Å². The van der Waals surface area contributed by atoms with Crippen LogP contribution in [0.4, 0.5) is 0 Å². The molecule has 10 nitrogen and oxygen atoms in total. The predicted octanol–water partition coefficient (Wildman–Crippen LogP) is 4.78. The average molecular weight is 671 g/mol. The van der Waals surface area contributed by atoms with Gasteiger partial charge in [-0.05, 0) is 65.9 Å². The van der Waals surface area contributed by atoms with Crippen LogP contribution in [-0.4, -0.2) is 128 Å². The number of nitrogens with zero attached hydrogens (tertiary/aromatic N) is 2. The number of carbonyl (C=O) groups excluding carboxylic acids is 2. The standard InChI is InChI=1S/C28H58N2O8S2Si2/c1-7-33-41(34-8-2,35-9-3)25-13-21-39-23-15-27(31)29-17-19-30(20-18-29)28(32)16-24-40-22-14-26-42(36-10-4,37-11-5)38-12-6/h7-26H2,1-6H3. The second-order valence-corrected chi connectivity index (χ2v) is 17.6. The van der Waals surface area contributed by atoms with Crippen LogP contribution in [0.15, 0.2) is 0 Å². The molecule has 1 aliphatic heterocycles. The molecule has 1 fully saturated rings. The highest BCUT2D eigenvalue weighted by Gasteiger charge is 2.40. The zero-order valence-electron chi connectivity index (χ0n) is 27.1. The van der Waals surface area contributed by atoms with Crippen molar-refractivity contribution in [3.8, 4) is 0 Å². The highest BCUT2D eigenvalue weighted by atomic mass is 32.2. The molecule has 1 aliphatic rings. The zero-order valence-corrected chi connectivity index (χ0v) is 30.8. The molecule has 0 N–H and O–H groups in total. The van der Waals surface area contributed by atoms with E-state index in [0.29, 0.717) is 78.7 Å². The Kier molecular flexibility index (Phi) is 22.9. The summed E-state index contributed by atoms with van der Waals surface area (Å²) in [7, 11) is -5.17. The van der Waals surface area contributed by atoms with Gasteiger partial charge >= 0.3 is 17.6 Å². The van der Waals surface area contributed by atoms with Crippen LogP contribution >= 0.6 is 23.5 Å². The fourth-order valence-electron chi connectivity index (χ4n) is 4.83. The molecular formula is C28H58N2O8S2Si2. The number of carbonyl (C=O) groups is 2. The first kappa shape index (κ1) is 39.9. The lowest BCUT2D eigenvalue weighted by Crippen LogP contribution is -2.50. The number of hydrogen-bond donors (Lipinski definition) is 0. The molecule has 0 aliphatic carbocycles. The van der Waals surface area contributed by atoms with Crippen molar-refractivity contribution in [1.82, 2.24) is 9.80 Å². The Balaban J connectivity index is 2.22. The quantitative estimate of drug-likeness (QED) is 0.0945. The molecule has 0 unspecified atom stereocenters. The third-order valence-corrected chi connectivity index (χ3v) is 15.1. The average Bonchev–Trinajstić information content (AvgIpc) is 2.97. The monoisotopic (exact) mass is 670 g/mol. The van der Waals surface area contributed by atoms with Gasteiger partial charge in [0.15, 0.2) is 0 Å². The highest BCUT2D eigenvalue weighted by molar-refractivity contribution is 7.99. The van der Waals surface area contributed by atoms with Crippen LogP contribution in [0.3, 0.4) is 0 Å². The number of thioether (sulfide) groups is 2. The van der Waals surface area contributed by atoms with Gasteiger partial charge in [-0.1, -0.05) is 0 Å². The lowest BCUT2D eigenvalue weighted by Gasteiger charge is -2.35. The van der Waals surface area contributed by atoms with Gasteiger partial charge in [0.1, 0.15) is 0 Å². The smallest absolute Gasteiger partial charge is 0.374 e. The van der Waals surface area contributed by atoms with Gasteiger partial charge in [-0.3, -0.25) is 9.59 Å². The molecule has 248 valence electrons. The van der Waals surface area contributed by atoms with Crippen molar-refractivity contribution in [3.05, 3.63) is 0 Å². The van der Waals surface area contributed by atoms with Crippen molar-refractivity contribution in [2.75, 3.05) is 88.8 Å². The van der Waals surface area contributed by atoms with E-state index in [1.807, 2.05) is 51.3 Å². The van der Waals surface area contributed by atoms with E-state index >= 15 is 0 Å². The third kappa shape index (κ3) is 15.7. The summed E-state index contributed by atoms with van der Waals surface area (Å²) in [6.07, 6.45) is 2.95. The summed E-state index contributed by atoms with van der Waals surface area (Å²) in [5.74, 6) is 3.85. The van der Waals surface area contributed by atoms with Crippen molar-refractivity contribution >= 4 is 52.9 Å². The van der Waals surface area contributed by atoms with Gasteiger partial charge in [0.25, 0.3) is 0 Å². The number of hydrogen-bond acceptors (Lipinski definition) is 10. The lowest BCUT2D eigenvalue weighted by atomic mass is 10.2. The van der Waals surface area contributed by atoms with E-state index < -0.39 is 17.6 Å². The van der Waals surface area contributed by atoms with Gasteiger partial charge < -0.3 is 36.4 Å². The summed E-state index contributed by atoms with van der Waals surface area (Å²) in [5.41, 5.74) is 0. The Labute approximate surface area is 266 Å². The molecule has 0 radical (unpaired) electrons. The molecule has 0 aromatic carbocycles. The largest absolute Gasteiger partial charge is 0.500 e.